The number of hydrogen-bond acceptors (Lipinski definition) is 17. The molecule has 0 saturated carbocycles. The number of fused-ring (bicyclic) bond motifs is 6. The molecule has 3 aliphatic heterocycles. The lowest BCUT2D eigenvalue weighted by Gasteiger charge is -2.40. The van der Waals surface area contributed by atoms with E-state index in [4.69, 9.17) is 65.8 Å². The van der Waals surface area contributed by atoms with E-state index in [0.29, 0.717) is 105 Å². The summed E-state index contributed by atoms with van der Waals surface area (Å²) in [5.41, 5.74) is 15.7. The topological polar surface area (TPSA) is 309 Å². The van der Waals surface area contributed by atoms with Gasteiger partial charge in [-0.2, -0.15) is 0 Å². The summed E-state index contributed by atoms with van der Waals surface area (Å²) in [6.07, 6.45) is 21.6. The predicted octanol–water partition coefficient (Wildman–Crippen LogP) is 17.3. The zero-order valence-corrected chi connectivity index (χ0v) is 79.7. The first-order chi connectivity index (χ1) is 62.7. The number of amides is 9. The molecule has 6 aliphatic rings. The normalized spacial score (nSPS) is 17.6. The second-order valence-corrected chi connectivity index (χ2v) is 39.0. The van der Waals surface area contributed by atoms with E-state index in [-0.39, 0.29) is 54.3 Å². The number of carbonyl (C=O) groups excluding carboxylic acids is 6. The van der Waals surface area contributed by atoms with Crippen molar-refractivity contribution >= 4 is 117 Å². The van der Waals surface area contributed by atoms with Gasteiger partial charge in [0.1, 0.15) is 11.2 Å². The molecule has 9 amide bonds. The molecule has 30 nitrogen and oxygen atoms in total. The Bertz CT molecular complexity index is 5830. The highest BCUT2D eigenvalue weighted by atomic mass is 35.5. The molecule has 3 fully saturated rings. The first-order valence-electron chi connectivity index (χ1n) is 44.2. The number of piperazine rings is 3. The van der Waals surface area contributed by atoms with Crippen molar-refractivity contribution in [2.45, 2.75) is 149 Å². The molecule has 3 aliphatic carbocycles. The number of halogens is 3. The van der Waals surface area contributed by atoms with Crippen LogP contribution in [0.5, 0.6) is 0 Å². The minimum atomic E-state index is -0.555. The second-order valence-electron chi connectivity index (χ2n) is 37.7. The number of nitrogens with one attached hydrogen (secondary N) is 6. The van der Waals surface area contributed by atoms with Crippen LogP contribution in [0.4, 0.5) is 35.3 Å². The molecule has 3 saturated heterocycles. The average molecular weight is 1850 g/mol. The van der Waals surface area contributed by atoms with Gasteiger partial charge in [-0.3, -0.25) is 34.4 Å². The van der Waals surface area contributed by atoms with Gasteiger partial charge in [-0.1, -0.05) is 83.3 Å². The fraction of sp³-hybridized carbons (Fsp3) is 0.384. The maximum absolute atomic E-state index is 13.3. The van der Waals surface area contributed by atoms with E-state index in [1.54, 1.807) is 82.7 Å². The molecule has 10 aromatic rings. The highest BCUT2D eigenvalue weighted by molar-refractivity contribution is 6.31. The van der Waals surface area contributed by atoms with Gasteiger partial charge in [0.25, 0.3) is 0 Å². The fourth-order valence-electron chi connectivity index (χ4n) is 17.5. The third-order valence-electron chi connectivity index (χ3n) is 23.3. The molecular weight excluding hydrogens is 1730 g/mol. The number of anilines is 1. The molecule has 4 aromatic carbocycles. The Morgan fingerprint density at radius 2 is 0.750 bits per heavy atom. The molecule has 9 heterocycles. The monoisotopic (exact) mass is 1840 g/mol. The van der Waals surface area contributed by atoms with E-state index in [9.17, 15) is 28.8 Å². The van der Waals surface area contributed by atoms with Crippen molar-refractivity contribution in [1.82, 2.24) is 99.6 Å². The van der Waals surface area contributed by atoms with Crippen LogP contribution in [-0.4, -0.2) is 210 Å². The number of ether oxygens (including phenoxy) is 2. The highest BCUT2D eigenvalue weighted by Gasteiger charge is 2.42. The summed E-state index contributed by atoms with van der Waals surface area (Å²) in [6.45, 7) is 38.5. The number of imidazole rings is 3. The molecule has 0 radical (unpaired) electrons. The Balaban J connectivity index is 0.000000159. The molecular formula is C99H115Cl3N22O8. The van der Waals surface area contributed by atoms with E-state index < -0.39 is 40.4 Å². The van der Waals surface area contributed by atoms with Crippen LogP contribution in [-0.2, 0) is 35.4 Å². The Labute approximate surface area is 786 Å². The summed E-state index contributed by atoms with van der Waals surface area (Å²) in [5, 5.41) is 20.4. The number of nitrogens with zero attached hydrogens (tertiary/aromatic N) is 16. The second kappa shape index (κ2) is 40.1. The number of carbonyl (C=O) groups is 6. The lowest BCUT2D eigenvalue weighted by atomic mass is 9.89. The SMILES string of the molecule is Cn1cncc1C(NC(=O)NC(C)(C)C)C1=Cc2cccnc2[C@@H](N2CCN(C(=O)OC(C)(C)C)CC2)c2ccc(Cl)cc21.Cn1cncc1C(NC(=O)NC(C)(C)C)C1=Cc2cccnc2[C@@H](N2CCN(C(=O)OC(C)(C)C)CC2)c2ccc(Cl)cc21.[C-]#[N+]c1ccc(NC(=O)N2CCN([C@H]3c4ccc(Cl)cc4C(C(NC(C)=O)c4cncn4C)=Cc4cccnc43)CC2)cc1. The van der Waals surface area contributed by atoms with Crippen molar-refractivity contribution in [3.05, 3.63) is 282 Å². The lowest BCUT2D eigenvalue weighted by molar-refractivity contribution is -0.119. The smallest absolute Gasteiger partial charge is 0.410 e. The molecule has 6 aromatic heterocycles. The molecule has 132 heavy (non-hydrogen) atoms. The fourth-order valence-corrected chi connectivity index (χ4v) is 18.0. The summed E-state index contributed by atoms with van der Waals surface area (Å²) in [6, 6.07) is 33.5. The van der Waals surface area contributed by atoms with E-state index in [1.807, 2.05) is 197 Å². The van der Waals surface area contributed by atoms with Crippen LogP contribution in [0.3, 0.4) is 0 Å². The van der Waals surface area contributed by atoms with Gasteiger partial charge in [0.05, 0.1) is 115 Å². The van der Waals surface area contributed by atoms with Crippen molar-refractivity contribution in [1.29, 1.82) is 0 Å². The number of hydrogen-bond donors (Lipinski definition) is 6. The Morgan fingerprint density at radius 1 is 0.432 bits per heavy atom. The molecule has 16 rings (SSSR count). The maximum Gasteiger partial charge on any atom is 0.410 e. The van der Waals surface area contributed by atoms with Gasteiger partial charge in [-0.25, -0.2) is 43.8 Å². The summed E-state index contributed by atoms with van der Waals surface area (Å²) < 4.78 is 17.0. The lowest BCUT2D eigenvalue weighted by Crippen LogP contribution is -2.51. The third-order valence-corrected chi connectivity index (χ3v) is 24.0. The van der Waals surface area contributed by atoms with E-state index in [2.05, 4.69) is 109 Å². The molecule has 3 unspecified atom stereocenters. The molecule has 0 spiro atoms. The largest absolute Gasteiger partial charge is 0.444 e. The zero-order valence-electron chi connectivity index (χ0n) is 77.4. The molecule has 6 N–H and O–H groups in total. The number of urea groups is 3. The standard InChI is InChI=1S/C33H31ClN8O2.2C33H42ClN7O3/c1-21(43)38-31(29-19-36-20-40(29)3)28-17-22-5-4-12-37-30(22)32(26-11-6-23(34)18-27(26)28)41-13-15-42(16-14-41)33(44)39-25-9-7-24(35-2)8-10-25;2*1-32(2,3)38-30(42)37-28(26-19-35-20-39(26)7)25-17-21-9-8-12-36-27(21)29(23-11-10-22(34)18-24(23)25)40-13-15-41(16-14-40)31(43)44-33(4,5)6/h4-12,17-20,31-32H,13-16H2,1,3H3,(H,38,43)(H,39,44);2*8-12,17-20,28-29H,13-16H2,1-7H3,(H2,37,38,42)/t31?,32-;2*28?,29-/m000/s1. The van der Waals surface area contributed by atoms with Crippen LogP contribution in [0, 0.1) is 6.57 Å². The maximum atomic E-state index is 13.3. The number of aryl methyl sites for hydroxylation is 3. The summed E-state index contributed by atoms with van der Waals surface area (Å²) in [7, 11) is 5.73. The van der Waals surface area contributed by atoms with Crippen molar-refractivity contribution in [3.8, 4) is 0 Å². The van der Waals surface area contributed by atoms with Crippen LogP contribution in [0.2, 0.25) is 15.1 Å². The molecule has 690 valence electrons. The van der Waals surface area contributed by atoms with Gasteiger partial charge in [0.15, 0.2) is 5.69 Å². The first-order valence-corrected chi connectivity index (χ1v) is 45.3. The van der Waals surface area contributed by atoms with Gasteiger partial charge in [-0.05, 0) is 235 Å². The average Bonchev–Trinajstić information content (AvgIpc) is 1.61. The van der Waals surface area contributed by atoms with E-state index in [0.717, 1.165) is 101 Å². The van der Waals surface area contributed by atoms with Gasteiger partial charge in [0.2, 0.25) is 5.91 Å². The van der Waals surface area contributed by atoms with Crippen LogP contribution >= 0.6 is 34.8 Å². The predicted molar refractivity (Wildman–Crippen MR) is 514 cm³/mol. The van der Waals surface area contributed by atoms with Gasteiger partial charge < -0.3 is 69.8 Å². The number of rotatable bonds is 13. The summed E-state index contributed by atoms with van der Waals surface area (Å²) in [5.74, 6) is -0.162. The van der Waals surface area contributed by atoms with Crippen molar-refractivity contribution in [3.63, 3.8) is 0 Å². The van der Waals surface area contributed by atoms with E-state index >= 15 is 0 Å². The Kier molecular flexibility index (Phi) is 29.0. The molecule has 6 atom stereocenters. The number of pyridine rings is 3. The van der Waals surface area contributed by atoms with Crippen LogP contribution in [0.1, 0.15) is 210 Å². The van der Waals surface area contributed by atoms with Crippen molar-refractivity contribution in [2.75, 3.05) is 83.9 Å². The van der Waals surface area contributed by atoms with E-state index in [1.165, 1.54) is 6.92 Å². The minimum absolute atomic E-state index is 0.162. The summed E-state index contributed by atoms with van der Waals surface area (Å²) >= 11 is 20.0. The van der Waals surface area contributed by atoms with Crippen LogP contribution in [0.25, 0.3) is 39.8 Å². The van der Waals surface area contributed by atoms with Crippen molar-refractivity contribution in [2.24, 2.45) is 21.1 Å². The molecule has 33 heteroatoms. The quantitative estimate of drug-likeness (QED) is 0.0584. The minimum Gasteiger partial charge on any atom is -0.444 e. The zero-order chi connectivity index (χ0) is 94.4. The third kappa shape index (κ3) is 22.9. The number of aromatic nitrogens is 9. The van der Waals surface area contributed by atoms with Gasteiger partial charge in [0, 0.05) is 157 Å². The highest BCUT2D eigenvalue weighted by Crippen LogP contribution is 2.49. The number of benzene rings is 4. The Hall–Kier alpha value is -12.8. The first kappa shape index (κ1) is 95.3. The molecule has 0 bridgehead atoms. The Morgan fingerprint density at radius 3 is 1.04 bits per heavy atom. The van der Waals surface area contributed by atoms with Gasteiger partial charge >= 0.3 is 30.3 Å². The van der Waals surface area contributed by atoms with Crippen LogP contribution in [0.15, 0.2) is 171 Å². The summed E-state index contributed by atoms with van der Waals surface area (Å²) in [4.78, 5) is 121. The van der Waals surface area contributed by atoms with Crippen LogP contribution < -0.4 is 31.9 Å². The van der Waals surface area contributed by atoms with Crippen molar-refractivity contribution < 1.29 is 38.2 Å². The van der Waals surface area contributed by atoms with Gasteiger partial charge in [-0.15, -0.1) is 0 Å².